The molecule has 0 atom stereocenters. The average Bonchev–Trinajstić information content (AvgIpc) is 2.80. The van der Waals surface area contributed by atoms with Crippen LogP contribution in [0, 0.1) is 0 Å². The molecule has 0 aliphatic rings. The zero-order valence-electron chi connectivity index (χ0n) is 9.14. The zero-order chi connectivity index (χ0) is 11.2. The molecule has 1 aromatic heterocycles. The van der Waals surface area contributed by atoms with Crippen LogP contribution >= 0.6 is 11.6 Å². The number of imidazole rings is 1. The van der Waals surface area contributed by atoms with Gasteiger partial charge in [0, 0.05) is 24.0 Å². The maximum absolute atomic E-state index is 5.83. The van der Waals surface area contributed by atoms with Gasteiger partial charge in [-0.2, -0.15) is 0 Å². The van der Waals surface area contributed by atoms with Crippen LogP contribution in [-0.4, -0.2) is 9.55 Å². The van der Waals surface area contributed by atoms with E-state index in [2.05, 4.69) is 21.7 Å². The van der Waals surface area contributed by atoms with Crippen LogP contribution in [0.25, 0.3) is 0 Å². The van der Waals surface area contributed by atoms with E-state index in [1.54, 1.807) is 0 Å². The highest BCUT2D eigenvalue weighted by Crippen LogP contribution is 2.11. The number of aromatic nitrogens is 2. The molecule has 0 amide bonds. The molecule has 0 aliphatic carbocycles. The van der Waals surface area contributed by atoms with E-state index < -0.39 is 0 Å². The molecule has 1 heterocycles. The van der Waals surface area contributed by atoms with Crippen LogP contribution in [0.2, 0.25) is 5.02 Å². The van der Waals surface area contributed by atoms with Crippen molar-refractivity contribution in [1.29, 1.82) is 0 Å². The van der Waals surface area contributed by atoms with Crippen LogP contribution in [0.3, 0.4) is 0 Å². The standard InChI is InChI=1S/C13H15ClN2/c14-13-6-4-12(5-7-13)3-1-2-9-16-10-8-15-11-16/h4-8,10-11H,1-3,9H2. The van der Waals surface area contributed by atoms with Crippen molar-refractivity contribution in [3.05, 3.63) is 53.6 Å². The molecular formula is C13H15ClN2. The Kier molecular flexibility index (Phi) is 4.00. The third kappa shape index (κ3) is 3.38. The molecule has 3 heteroatoms. The lowest BCUT2D eigenvalue weighted by atomic mass is 10.1. The predicted octanol–water partition coefficient (Wildman–Crippen LogP) is 3.56. The molecule has 0 bridgehead atoms. The van der Waals surface area contributed by atoms with Gasteiger partial charge in [-0.25, -0.2) is 4.98 Å². The fraction of sp³-hybridized carbons (Fsp3) is 0.308. The summed E-state index contributed by atoms with van der Waals surface area (Å²) in [6.45, 7) is 1.05. The Morgan fingerprint density at radius 1 is 1.12 bits per heavy atom. The molecule has 0 fully saturated rings. The number of rotatable bonds is 5. The first-order chi connectivity index (χ1) is 7.84. The number of hydrogen-bond acceptors (Lipinski definition) is 1. The van der Waals surface area contributed by atoms with Crippen molar-refractivity contribution < 1.29 is 0 Å². The monoisotopic (exact) mass is 234 g/mol. The first-order valence-corrected chi connectivity index (χ1v) is 5.92. The predicted molar refractivity (Wildman–Crippen MR) is 66.6 cm³/mol. The lowest BCUT2D eigenvalue weighted by molar-refractivity contribution is 0.609. The number of aryl methyl sites for hydroxylation is 2. The van der Waals surface area contributed by atoms with Crippen LogP contribution in [0.15, 0.2) is 43.0 Å². The van der Waals surface area contributed by atoms with Crippen molar-refractivity contribution in [2.24, 2.45) is 0 Å². The summed E-state index contributed by atoms with van der Waals surface area (Å²) in [4.78, 5) is 4.02. The van der Waals surface area contributed by atoms with Gasteiger partial charge in [0.25, 0.3) is 0 Å². The Balaban J connectivity index is 1.70. The maximum Gasteiger partial charge on any atom is 0.0945 e. The quantitative estimate of drug-likeness (QED) is 0.724. The van der Waals surface area contributed by atoms with E-state index in [0.29, 0.717) is 0 Å². The summed E-state index contributed by atoms with van der Waals surface area (Å²) in [5.74, 6) is 0. The van der Waals surface area contributed by atoms with E-state index in [4.69, 9.17) is 11.6 Å². The van der Waals surface area contributed by atoms with Crippen molar-refractivity contribution in [2.45, 2.75) is 25.8 Å². The van der Waals surface area contributed by atoms with Gasteiger partial charge < -0.3 is 4.57 Å². The van der Waals surface area contributed by atoms with Crippen LogP contribution < -0.4 is 0 Å². The number of hydrogen-bond donors (Lipinski definition) is 0. The van der Waals surface area contributed by atoms with Gasteiger partial charge in [0.15, 0.2) is 0 Å². The fourth-order valence-corrected chi connectivity index (χ4v) is 1.82. The molecule has 0 unspecified atom stereocenters. The van der Waals surface area contributed by atoms with Crippen molar-refractivity contribution >= 4 is 11.6 Å². The topological polar surface area (TPSA) is 17.8 Å². The van der Waals surface area contributed by atoms with Gasteiger partial charge in [-0.3, -0.25) is 0 Å². The lowest BCUT2D eigenvalue weighted by Gasteiger charge is -2.03. The van der Waals surface area contributed by atoms with Gasteiger partial charge in [0.05, 0.1) is 6.33 Å². The highest BCUT2D eigenvalue weighted by molar-refractivity contribution is 6.30. The summed E-state index contributed by atoms with van der Waals surface area (Å²) in [6.07, 6.45) is 9.18. The maximum atomic E-state index is 5.83. The third-order valence-corrected chi connectivity index (χ3v) is 2.86. The molecule has 0 N–H and O–H groups in total. The minimum atomic E-state index is 0.808. The summed E-state index contributed by atoms with van der Waals surface area (Å²) in [7, 11) is 0. The van der Waals surface area contributed by atoms with E-state index in [1.807, 2.05) is 30.9 Å². The second kappa shape index (κ2) is 5.71. The SMILES string of the molecule is Clc1ccc(CCCCn2ccnc2)cc1. The molecule has 0 radical (unpaired) electrons. The zero-order valence-corrected chi connectivity index (χ0v) is 9.90. The summed E-state index contributed by atoms with van der Waals surface area (Å²) < 4.78 is 2.11. The minimum Gasteiger partial charge on any atom is -0.337 e. The van der Waals surface area contributed by atoms with Crippen molar-refractivity contribution in [2.75, 3.05) is 0 Å². The molecule has 2 aromatic rings. The molecule has 0 saturated carbocycles. The fourth-order valence-electron chi connectivity index (χ4n) is 1.69. The van der Waals surface area contributed by atoms with Gasteiger partial charge >= 0.3 is 0 Å². The van der Waals surface area contributed by atoms with Gasteiger partial charge in [0.1, 0.15) is 0 Å². The summed E-state index contributed by atoms with van der Waals surface area (Å²) in [5.41, 5.74) is 1.36. The number of halogens is 1. The second-order valence-electron chi connectivity index (χ2n) is 3.88. The number of benzene rings is 1. The van der Waals surface area contributed by atoms with Crippen molar-refractivity contribution in [1.82, 2.24) is 9.55 Å². The highest BCUT2D eigenvalue weighted by Gasteiger charge is 1.94. The van der Waals surface area contributed by atoms with E-state index in [-0.39, 0.29) is 0 Å². The molecule has 2 nitrogen and oxygen atoms in total. The Bertz CT molecular complexity index is 406. The van der Waals surface area contributed by atoms with E-state index in [9.17, 15) is 0 Å². The van der Waals surface area contributed by atoms with Crippen LogP contribution in [-0.2, 0) is 13.0 Å². The van der Waals surface area contributed by atoms with Crippen LogP contribution in [0.5, 0.6) is 0 Å². The largest absolute Gasteiger partial charge is 0.337 e. The molecule has 1 aromatic carbocycles. The van der Waals surface area contributed by atoms with Crippen LogP contribution in [0.4, 0.5) is 0 Å². The van der Waals surface area contributed by atoms with Gasteiger partial charge in [-0.15, -0.1) is 0 Å². The summed E-state index contributed by atoms with van der Waals surface area (Å²) in [5, 5.41) is 0.808. The highest BCUT2D eigenvalue weighted by atomic mass is 35.5. The Morgan fingerprint density at radius 3 is 2.62 bits per heavy atom. The van der Waals surface area contributed by atoms with Crippen LogP contribution in [0.1, 0.15) is 18.4 Å². The molecule has 0 spiro atoms. The van der Waals surface area contributed by atoms with Gasteiger partial charge in [0.2, 0.25) is 0 Å². The van der Waals surface area contributed by atoms with E-state index in [0.717, 1.165) is 18.0 Å². The molecule has 0 aliphatic heterocycles. The van der Waals surface area contributed by atoms with Gasteiger partial charge in [-0.05, 0) is 37.0 Å². The Labute approximate surface area is 101 Å². The summed E-state index contributed by atoms with van der Waals surface area (Å²) in [6, 6.07) is 8.10. The lowest BCUT2D eigenvalue weighted by Crippen LogP contribution is -1.95. The second-order valence-corrected chi connectivity index (χ2v) is 4.32. The van der Waals surface area contributed by atoms with Crippen molar-refractivity contribution in [3.63, 3.8) is 0 Å². The van der Waals surface area contributed by atoms with Crippen molar-refractivity contribution in [3.8, 4) is 0 Å². The normalized spacial score (nSPS) is 10.6. The first-order valence-electron chi connectivity index (χ1n) is 5.55. The molecule has 0 saturated heterocycles. The third-order valence-electron chi connectivity index (χ3n) is 2.60. The smallest absolute Gasteiger partial charge is 0.0945 e. The summed E-state index contributed by atoms with van der Waals surface area (Å²) >= 11 is 5.83. The van der Waals surface area contributed by atoms with E-state index >= 15 is 0 Å². The number of nitrogens with zero attached hydrogens (tertiary/aromatic N) is 2. The average molecular weight is 235 g/mol. The molecule has 16 heavy (non-hydrogen) atoms. The van der Waals surface area contributed by atoms with E-state index in [1.165, 1.54) is 18.4 Å². The van der Waals surface area contributed by atoms with Gasteiger partial charge in [-0.1, -0.05) is 23.7 Å². The Morgan fingerprint density at radius 2 is 1.94 bits per heavy atom. The molecule has 84 valence electrons. The number of unbranched alkanes of at least 4 members (excludes halogenated alkanes) is 1. The molecule has 2 rings (SSSR count). The Hall–Kier alpha value is -1.28. The molecular weight excluding hydrogens is 220 g/mol. The first kappa shape index (κ1) is 11.2. The minimum absolute atomic E-state index is 0.808.